The summed E-state index contributed by atoms with van der Waals surface area (Å²) in [6.45, 7) is 12.6. The summed E-state index contributed by atoms with van der Waals surface area (Å²) in [4.78, 5) is 0.280. The molecule has 0 atom stereocenters. The van der Waals surface area contributed by atoms with E-state index in [1.807, 2.05) is 13.8 Å². The van der Waals surface area contributed by atoms with E-state index in [9.17, 15) is 8.42 Å². The average Bonchev–Trinajstić information content (AvgIpc) is 2.70. The maximum atomic E-state index is 12.6. The minimum Gasteiger partial charge on any atom is -0.324 e. The summed E-state index contributed by atoms with van der Waals surface area (Å²) in [7, 11) is -3.60. The molecule has 0 bridgehead atoms. The second kappa shape index (κ2) is 7.10. The Morgan fingerprint density at radius 2 is 1.82 bits per heavy atom. The smallest absolute Gasteiger partial charge is 0.244 e. The van der Waals surface area contributed by atoms with Crippen molar-refractivity contribution < 1.29 is 8.42 Å². The van der Waals surface area contributed by atoms with Crippen LogP contribution in [0.3, 0.4) is 0 Å². The highest BCUT2D eigenvalue weighted by Gasteiger charge is 2.28. The normalized spacial score (nSPS) is 13.1. The minimum atomic E-state index is -3.60. The molecule has 0 fully saturated rings. The Hall–Kier alpha value is -0.920. The number of hydrogen-bond donors (Lipinski definition) is 2. The lowest BCUT2D eigenvalue weighted by Gasteiger charge is -2.26. The van der Waals surface area contributed by atoms with Crippen molar-refractivity contribution in [3.8, 4) is 0 Å². The first-order valence-electron chi connectivity index (χ1n) is 7.89. The Kier molecular flexibility index (Phi) is 6.18. The largest absolute Gasteiger partial charge is 0.324 e. The van der Waals surface area contributed by atoms with Gasteiger partial charge in [0.1, 0.15) is 4.90 Å². The van der Waals surface area contributed by atoms with Gasteiger partial charge in [0.25, 0.3) is 0 Å². The fraction of sp³-hybridized carbons (Fsp3) is 0.800. The van der Waals surface area contributed by atoms with Crippen LogP contribution in [0.5, 0.6) is 0 Å². The van der Waals surface area contributed by atoms with Crippen LogP contribution in [-0.2, 0) is 16.6 Å². The average molecular weight is 330 g/mol. The zero-order chi connectivity index (χ0) is 17.1. The number of nitrogens with zero attached hydrogens (tertiary/aromatic N) is 2. The molecule has 1 heterocycles. The van der Waals surface area contributed by atoms with Crippen LogP contribution in [0.15, 0.2) is 4.90 Å². The molecule has 22 heavy (non-hydrogen) atoms. The second-order valence-corrected chi connectivity index (χ2v) is 8.17. The monoisotopic (exact) mass is 330 g/mol. The number of rotatable bonds is 8. The first kappa shape index (κ1) is 19.1. The van der Waals surface area contributed by atoms with Crippen LogP contribution in [-0.4, -0.2) is 30.3 Å². The molecule has 0 spiro atoms. The number of nitrogens with one attached hydrogen (secondary N) is 1. The predicted octanol–water partition coefficient (Wildman–Crippen LogP) is 1.95. The van der Waals surface area contributed by atoms with Crippen LogP contribution in [0, 0.1) is 19.8 Å². The lowest BCUT2D eigenvalue weighted by Crippen LogP contribution is -2.49. The molecule has 0 radical (unpaired) electrons. The van der Waals surface area contributed by atoms with Crippen molar-refractivity contribution >= 4 is 10.0 Å². The Morgan fingerprint density at radius 3 is 2.27 bits per heavy atom. The van der Waals surface area contributed by atoms with E-state index in [2.05, 4.69) is 23.7 Å². The van der Waals surface area contributed by atoms with Crippen molar-refractivity contribution in [3.05, 3.63) is 11.4 Å². The molecule has 6 nitrogen and oxygen atoms in total. The Labute approximate surface area is 134 Å². The van der Waals surface area contributed by atoms with E-state index < -0.39 is 15.6 Å². The van der Waals surface area contributed by atoms with Crippen molar-refractivity contribution in [2.75, 3.05) is 6.54 Å². The highest BCUT2D eigenvalue weighted by atomic mass is 32.2. The molecular weight excluding hydrogens is 300 g/mol. The maximum Gasteiger partial charge on any atom is 0.244 e. The van der Waals surface area contributed by atoms with E-state index in [1.165, 1.54) is 0 Å². The summed E-state index contributed by atoms with van der Waals surface area (Å²) < 4.78 is 29.7. The van der Waals surface area contributed by atoms with Crippen LogP contribution < -0.4 is 10.5 Å². The van der Waals surface area contributed by atoms with Crippen molar-refractivity contribution in [3.63, 3.8) is 0 Å². The van der Waals surface area contributed by atoms with E-state index >= 15 is 0 Å². The van der Waals surface area contributed by atoms with Crippen molar-refractivity contribution in [1.29, 1.82) is 0 Å². The lowest BCUT2D eigenvalue weighted by atomic mass is 9.95. The molecule has 0 aliphatic carbocycles. The Bertz CT molecular complexity index is 601. The molecule has 0 aliphatic rings. The predicted molar refractivity (Wildman–Crippen MR) is 89.2 cm³/mol. The van der Waals surface area contributed by atoms with Crippen LogP contribution in [0.25, 0.3) is 0 Å². The van der Waals surface area contributed by atoms with Gasteiger partial charge in [-0.2, -0.15) is 5.10 Å². The third kappa shape index (κ3) is 4.30. The van der Waals surface area contributed by atoms with Gasteiger partial charge < -0.3 is 5.73 Å². The van der Waals surface area contributed by atoms with E-state index in [0.29, 0.717) is 23.9 Å². The van der Waals surface area contributed by atoms with Crippen LogP contribution >= 0.6 is 0 Å². The van der Waals surface area contributed by atoms with E-state index in [1.54, 1.807) is 18.5 Å². The summed E-state index contributed by atoms with van der Waals surface area (Å²) in [5.74, 6) is 0.401. The lowest BCUT2D eigenvalue weighted by molar-refractivity contribution is 0.391. The molecule has 1 aromatic heterocycles. The standard InChI is InChI=1S/C15H30N4O2S/c1-7-15(16,8-2)10-17-22(20,21)14-12(5)18-19(13(14)6)9-11(3)4/h11,17H,7-10,16H2,1-6H3. The zero-order valence-electron chi connectivity index (χ0n) is 14.6. The van der Waals surface area contributed by atoms with E-state index in [-0.39, 0.29) is 11.4 Å². The van der Waals surface area contributed by atoms with Crippen LogP contribution in [0.1, 0.15) is 51.9 Å². The number of sulfonamides is 1. The van der Waals surface area contributed by atoms with Gasteiger partial charge in [-0.05, 0) is 32.6 Å². The highest BCUT2D eigenvalue weighted by Crippen LogP contribution is 2.21. The molecule has 0 amide bonds. The molecule has 3 N–H and O–H groups in total. The van der Waals surface area contributed by atoms with Gasteiger partial charge in [0, 0.05) is 18.6 Å². The van der Waals surface area contributed by atoms with Gasteiger partial charge in [-0.25, -0.2) is 13.1 Å². The number of hydrogen-bond acceptors (Lipinski definition) is 4. The highest BCUT2D eigenvalue weighted by molar-refractivity contribution is 7.89. The van der Waals surface area contributed by atoms with E-state index in [4.69, 9.17) is 5.73 Å². The van der Waals surface area contributed by atoms with Crippen LogP contribution in [0.4, 0.5) is 0 Å². The fourth-order valence-electron chi connectivity index (χ4n) is 2.40. The topological polar surface area (TPSA) is 90.0 Å². The van der Waals surface area contributed by atoms with Gasteiger partial charge in [0.15, 0.2) is 0 Å². The molecule has 0 aliphatic heterocycles. The summed E-state index contributed by atoms with van der Waals surface area (Å²) in [6, 6.07) is 0. The van der Waals surface area contributed by atoms with Gasteiger partial charge >= 0.3 is 0 Å². The quantitative estimate of drug-likeness (QED) is 0.762. The fourth-order valence-corrected chi connectivity index (χ4v) is 3.95. The minimum absolute atomic E-state index is 0.233. The first-order valence-corrected chi connectivity index (χ1v) is 9.37. The molecule has 128 valence electrons. The summed E-state index contributed by atoms with van der Waals surface area (Å²) >= 11 is 0. The van der Waals surface area contributed by atoms with Gasteiger partial charge in [-0.3, -0.25) is 4.68 Å². The second-order valence-electron chi connectivity index (χ2n) is 6.47. The van der Waals surface area contributed by atoms with Crippen molar-refractivity contribution in [2.24, 2.45) is 11.7 Å². The molecule has 7 heteroatoms. The number of aryl methyl sites for hydroxylation is 1. The van der Waals surface area contributed by atoms with E-state index in [0.717, 1.165) is 12.8 Å². The maximum absolute atomic E-state index is 12.6. The first-order chi connectivity index (χ1) is 10.1. The molecule has 0 saturated heterocycles. The molecule has 1 rings (SSSR count). The molecule has 0 unspecified atom stereocenters. The van der Waals surface area contributed by atoms with Gasteiger partial charge in [-0.1, -0.05) is 27.7 Å². The van der Waals surface area contributed by atoms with Gasteiger partial charge in [-0.15, -0.1) is 0 Å². The third-order valence-corrected chi connectivity index (χ3v) is 5.80. The summed E-state index contributed by atoms with van der Waals surface area (Å²) in [5, 5.41) is 4.37. The molecule has 0 aromatic carbocycles. The number of nitrogens with two attached hydrogens (primary N) is 1. The number of aromatic nitrogens is 2. The summed E-state index contributed by atoms with van der Waals surface area (Å²) in [6.07, 6.45) is 1.44. The third-order valence-electron chi connectivity index (χ3n) is 4.14. The Balaban J connectivity index is 3.06. The van der Waals surface area contributed by atoms with Crippen LogP contribution in [0.2, 0.25) is 0 Å². The van der Waals surface area contributed by atoms with Crippen molar-refractivity contribution in [1.82, 2.24) is 14.5 Å². The zero-order valence-corrected chi connectivity index (χ0v) is 15.4. The SMILES string of the molecule is CCC(N)(CC)CNS(=O)(=O)c1c(C)nn(CC(C)C)c1C. The van der Waals surface area contributed by atoms with Gasteiger partial charge in [0.05, 0.1) is 11.4 Å². The Morgan fingerprint density at radius 1 is 1.27 bits per heavy atom. The molecule has 1 aromatic rings. The molecule has 0 saturated carbocycles. The molecular formula is C15H30N4O2S. The summed E-state index contributed by atoms with van der Waals surface area (Å²) in [5.41, 5.74) is 6.87. The van der Waals surface area contributed by atoms with Crippen molar-refractivity contribution in [2.45, 2.75) is 71.4 Å². The van der Waals surface area contributed by atoms with Gasteiger partial charge in [0.2, 0.25) is 10.0 Å².